The molecule has 2 N–H and O–H groups in total. The number of alkyl halides is 3. The predicted octanol–water partition coefficient (Wildman–Crippen LogP) is 3.14. The molecule has 0 saturated carbocycles. The number of halogens is 3. The minimum absolute atomic E-state index is 0.259. The molecule has 32 heavy (non-hydrogen) atoms. The van der Waals surface area contributed by atoms with Crippen molar-refractivity contribution in [2.24, 2.45) is 0 Å². The molecule has 1 aliphatic rings. The van der Waals surface area contributed by atoms with Crippen LogP contribution in [0.4, 0.5) is 4.39 Å². The smallest absolute Gasteiger partial charge is 0.253 e. The topological polar surface area (TPSA) is 99.6 Å². The molecule has 174 valence electrons. The zero-order valence-electron chi connectivity index (χ0n) is 17.3. The Bertz CT molecular complexity index is 1040. The third-order valence-electron chi connectivity index (χ3n) is 5.42. The van der Waals surface area contributed by atoms with E-state index in [9.17, 15) is 22.7 Å². The summed E-state index contributed by atoms with van der Waals surface area (Å²) < 4.78 is 38.7. The van der Waals surface area contributed by atoms with Crippen molar-refractivity contribution < 1.29 is 22.7 Å². The van der Waals surface area contributed by atoms with Gasteiger partial charge in [-0.05, 0) is 30.0 Å². The van der Waals surface area contributed by atoms with E-state index in [1.54, 1.807) is 30.5 Å². The Morgan fingerprint density at radius 2 is 1.91 bits per heavy atom. The number of sulfonamides is 1. The van der Waals surface area contributed by atoms with Gasteiger partial charge in [-0.25, -0.2) is 12.8 Å². The molecule has 1 aromatic heterocycles. The van der Waals surface area contributed by atoms with E-state index in [1.165, 1.54) is 10.6 Å². The van der Waals surface area contributed by atoms with E-state index in [0.717, 1.165) is 24.0 Å². The van der Waals surface area contributed by atoms with Crippen molar-refractivity contribution in [1.29, 1.82) is 0 Å². The molecule has 2 heterocycles. The minimum atomic E-state index is -3.29. The zero-order valence-corrected chi connectivity index (χ0v) is 19.6. The fourth-order valence-corrected chi connectivity index (χ4v) is 5.02. The first-order valence-corrected chi connectivity index (χ1v) is 12.7. The van der Waals surface area contributed by atoms with Gasteiger partial charge in [0.1, 0.15) is 12.8 Å². The molecule has 0 aliphatic carbocycles. The molecule has 2 aromatic rings. The lowest BCUT2D eigenvalue weighted by Gasteiger charge is -2.22. The van der Waals surface area contributed by atoms with Crippen LogP contribution in [0.5, 0.6) is 0 Å². The van der Waals surface area contributed by atoms with Crippen LogP contribution in [0.25, 0.3) is 11.1 Å². The maximum atomic E-state index is 13.3. The van der Waals surface area contributed by atoms with Crippen molar-refractivity contribution in [2.75, 3.05) is 19.5 Å². The third kappa shape index (κ3) is 5.77. The summed E-state index contributed by atoms with van der Waals surface area (Å²) in [5, 5.41) is 12.7. The van der Waals surface area contributed by atoms with Gasteiger partial charge >= 0.3 is 0 Å². The first kappa shape index (κ1) is 24.9. The van der Waals surface area contributed by atoms with Crippen molar-refractivity contribution in [3.8, 4) is 11.1 Å². The lowest BCUT2D eigenvalue weighted by Crippen LogP contribution is -2.43. The van der Waals surface area contributed by atoms with Crippen LogP contribution in [-0.4, -0.2) is 59.1 Å². The Kier molecular flexibility index (Phi) is 8.11. The summed E-state index contributed by atoms with van der Waals surface area (Å²) in [6, 6.07) is 8.98. The fourth-order valence-electron chi connectivity index (χ4n) is 3.76. The largest absolute Gasteiger partial charge is 0.386 e. The number of pyridine rings is 1. The molecule has 0 radical (unpaired) electrons. The molecule has 1 saturated heterocycles. The number of hydrogen-bond donors (Lipinski definition) is 2. The molecular formula is C21H24Cl2FN3O4S. The Hall–Kier alpha value is -1.78. The van der Waals surface area contributed by atoms with Gasteiger partial charge in [-0.3, -0.25) is 9.78 Å². The number of hydrogen-bond acceptors (Lipinski definition) is 5. The van der Waals surface area contributed by atoms with Gasteiger partial charge in [-0.2, -0.15) is 4.31 Å². The molecule has 11 heteroatoms. The van der Waals surface area contributed by atoms with E-state index in [0.29, 0.717) is 17.8 Å². The van der Waals surface area contributed by atoms with Gasteiger partial charge < -0.3 is 10.4 Å². The number of benzene rings is 1. The predicted molar refractivity (Wildman–Crippen MR) is 122 cm³/mol. The van der Waals surface area contributed by atoms with Gasteiger partial charge in [-0.1, -0.05) is 53.5 Å². The molecule has 7 nitrogen and oxygen atoms in total. The number of carbonyl (C=O) groups excluding carboxylic acids is 1. The molecule has 1 aromatic carbocycles. The second-order valence-corrected chi connectivity index (χ2v) is 10.7. The van der Waals surface area contributed by atoms with Crippen LogP contribution in [0.1, 0.15) is 36.2 Å². The van der Waals surface area contributed by atoms with E-state index in [4.69, 9.17) is 23.2 Å². The Morgan fingerprint density at radius 1 is 1.25 bits per heavy atom. The second kappa shape index (κ2) is 10.4. The molecule has 1 fully saturated rings. The van der Waals surface area contributed by atoms with Gasteiger partial charge in [0.2, 0.25) is 10.0 Å². The van der Waals surface area contributed by atoms with E-state index in [-0.39, 0.29) is 6.04 Å². The highest BCUT2D eigenvalue weighted by atomic mass is 35.5. The number of aromatic nitrogens is 1. The van der Waals surface area contributed by atoms with E-state index in [1.807, 2.05) is 12.1 Å². The van der Waals surface area contributed by atoms with Crippen LogP contribution in [0, 0.1) is 0 Å². The average Bonchev–Trinajstić information content (AvgIpc) is 3.28. The number of carbonyl (C=O) groups is 1. The van der Waals surface area contributed by atoms with Crippen molar-refractivity contribution in [3.63, 3.8) is 0 Å². The van der Waals surface area contributed by atoms with Crippen LogP contribution < -0.4 is 5.32 Å². The van der Waals surface area contributed by atoms with E-state index >= 15 is 0 Å². The highest BCUT2D eigenvalue weighted by molar-refractivity contribution is 7.88. The summed E-state index contributed by atoms with van der Waals surface area (Å²) >= 11 is 10.9. The SMILES string of the molecule is CS(=O)(=O)N1CCCC1c1ccc(-c2ccc([C@@H](O)[C@@H](CF)NC(=O)C(Cl)Cl)cc2)cn1. The summed E-state index contributed by atoms with van der Waals surface area (Å²) in [6.45, 7) is -0.500. The number of nitrogens with zero attached hydrogens (tertiary/aromatic N) is 2. The van der Waals surface area contributed by atoms with Crippen LogP contribution in [-0.2, 0) is 14.8 Å². The van der Waals surface area contributed by atoms with Crippen LogP contribution in [0.2, 0.25) is 0 Å². The lowest BCUT2D eigenvalue weighted by molar-refractivity contribution is -0.121. The van der Waals surface area contributed by atoms with Gasteiger partial charge in [-0.15, -0.1) is 0 Å². The molecule has 0 spiro atoms. The minimum Gasteiger partial charge on any atom is -0.386 e. The highest BCUT2D eigenvalue weighted by Gasteiger charge is 2.33. The summed E-state index contributed by atoms with van der Waals surface area (Å²) in [7, 11) is -3.29. The van der Waals surface area contributed by atoms with E-state index in [2.05, 4.69) is 10.3 Å². The summed E-state index contributed by atoms with van der Waals surface area (Å²) in [4.78, 5) is 14.7. The molecule has 1 unspecified atom stereocenters. The number of aliphatic hydroxyl groups excluding tert-OH is 1. The Morgan fingerprint density at radius 3 is 2.44 bits per heavy atom. The number of rotatable bonds is 8. The van der Waals surface area contributed by atoms with Crippen LogP contribution in [0.3, 0.4) is 0 Å². The molecule has 3 rings (SSSR count). The molecule has 1 aliphatic heterocycles. The molecule has 3 atom stereocenters. The Balaban J connectivity index is 1.73. The zero-order chi connectivity index (χ0) is 23.5. The standard InChI is InChI=1S/C21H24Cl2FN3O4S/c1-32(30,31)27-10-2-3-18(27)16-9-8-15(12-25-16)13-4-6-14(7-5-13)19(28)17(11-24)26-21(29)20(22)23/h4-9,12,17-20,28H,2-3,10-11H2,1H3,(H,26,29)/t17-,18?,19-/m1/s1. The van der Waals surface area contributed by atoms with Gasteiger partial charge in [0.25, 0.3) is 5.91 Å². The summed E-state index contributed by atoms with van der Waals surface area (Å²) in [5.74, 6) is -0.783. The number of nitrogens with one attached hydrogen (secondary N) is 1. The highest BCUT2D eigenvalue weighted by Crippen LogP contribution is 2.33. The number of amides is 1. The van der Waals surface area contributed by atoms with E-state index < -0.39 is 39.6 Å². The fraction of sp³-hybridized carbons (Fsp3) is 0.429. The molecule has 0 bridgehead atoms. The van der Waals surface area contributed by atoms with Crippen LogP contribution in [0.15, 0.2) is 42.6 Å². The first-order valence-electron chi connectivity index (χ1n) is 9.97. The normalized spacial score (nSPS) is 19.1. The van der Waals surface area contributed by atoms with Gasteiger partial charge in [0, 0.05) is 18.3 Å². The van der Waals surface area contributed by atoms with Gasteiger partial charge in [0.15, 0.2) is 4.84 Å². The lowest BCUT2D eigenvalue weighted by atomic mass is 9.99. The van der Waals surface area contributed by atoms with Crippen molar-refractivity contribution in [2.45, 2.75) is 35.9 Å². The van der Waals surface area contributed by atoms with Crippen molar-refractivity contribution in [3.05, 3.63) is 53.9 Å². The maximum absolute atomic E-state index is 13.3. The van der Waals surface area contributed by atoms with Crippen molar-refractivity contribution in [1.82, 2.24) is 14.6 Å². The monoisotopic (exact) mass is 503 g/mol. The summed E-state index contributed by atoms with van der Waals surface area (Å²) in [5.41, 5.74) is 2.73. The Labute approximate surface area is 196 Å². The first-order chi connectivity index (χ1) is 15.1. The third-order valence-corrected chi connectivity index (χ3v) is 7.10. The molecular weight excluding hydrogens is 480 g/mol. The quantitative estimate of drug-likeness (QED) is 0.539. The average molecular weight is 504 g/mol. The number of aliphatic hydroxyl groups is 1. The maximum Gasteiger partial charge on any atom is 0.253 e. The van der Waals surface area contributed by atoms with Gasteiger partial charge in [0.05, 0.1) is 24.0 Å². The van der Waals surface area contributed by atoms with Crippen molar-refractivity contribution >= 4 is 39.1 Å². The van der Waals surface area contributed by atoms with Crippen LogP contribution >= 0.6 is 23.2 Å². The second-order valence-electron chi connectivity index (χ2n) is 7.64. The summed E-state index contributed by atoms with van der Waals surface area (Å²) in [6.07, 6.45) is 3.12. The molecule has 1 amide bonds.